The summed E-state index contributed by atoms with van der Waals surface area (Å²) in [5.74, 6) is 1.34. The van der Waals surface area contributed by atoms with Gasteiger partial charge in [-0.3, -0.25) is 4.79 Å². The molecule has 0 aliphatic carbocycles. The van der Waals surface area contributed by atoms with Gasteiger partial charge in [-0.2, -0.15) is 0 Å². The minimum atomic E-state index is -0.111. The van der Waals surface area contributed by atoms with Gasteiger partial charge in [-0.25, -0.2) is 0 Å². The van der Waals surface area contributed by atoms with E-state index in [2.05, 4.69) is 43.4 Å². The molecule has 0 bridgehead atoms. The second kappa shape index (κ2) is 7.21. The first-order valence-corrected chi connectivity index (χ1v) is 8.10. The maximum Gasteiger partial charge on any atom is 0.244 e. The fourth-order valence-corrected chi connectivity index (χ4v) is 2.63. The van der Waals surface area contributed by atoms with E-state index in [1.165, 1.54) is 5.56 Å². The Morgan fingerprint density at radius 1 is 1.17 bits per heavy atom. The van der Waals surface area contributed by atoms with Gasteiger partial charge in [0.05, 0.1) is 6.04 Å². The van der Waals surface area contributed by atoms with Crippen LogP contribution in [0.15, 0.2) is 48.5 Å². The zero-order chi connectivity index (χ0) is 16.9. The normalized spacial score (nSPS) is 13.9. The highest BCUT2D eigenvalue weighted by Gasteiger charge is 2.13. The van der Waals surface area contributed by atoms with Gasteiger partial charge in [-0.05, 0) is 42.7 Å². The van der Waals surface area contributed by atoms with E-state index in [0.717, 1.165) is 23.3 Å². The maximum absolute atomic E-state index is 12.2. The Labute approximate surface area is 142 Å². The zero-order valence-electron chi connectivity index (χ0n) is 13.9. The molecule has 2 aromatic rings. The van der Waals surface area contributed by atoms with Crippen LogP contribution in [0.25, 0.3) is 6.08 Å². The Morgan fingerprint density at radius 2 is 1.92 bits per heavy atom. The van der Waals surface area contributed by atoms with Gasteiger partial charge >= 0.3 is 0 Å². The minimum Gasteiger partial charge on any atom is -0.454 e. The number of fused-ring (bicyclic) bond motifs is 1. The number of nitrogens with one attached hydrogen (secondary N) is 1. The van der Waals surface area contributed by atoms with Crippen LogP contribution in [0.3, 0.4) is 0 Å². The van der Waals surface area contributed by atoms with Gasteiger partial charge in [-0.1, -0.05) is 42.8 Å². The first-order chi connectivity index (χ1) is 11.7. The monoisotopic (exact) mass is 323 g/mol. The third kappa shape index (κ3) is 3.77. The molecule has 1 atom stereocenters. The number of aryl methyl sites for hydroxylation is 1. The van der Waals surface area contributed by atoms with E-state index >= 15 is 0 Å². The Balaban J connectivity index is 1.64. The van der Waals surface area contributed by atoms with Crippen LogP contribution in [-0.2, 0) is 4.79 Å². The van der Waals surface area contributed by atoms with Crippen molar-refractivity contribution in [2.45, 2.75) is 26.3 Å². The molecule has 1 aliphatic rings. The van der Waals surface area contributed by atoms with Crippen LogP contribution in [0.2, 0.25) is 0 Å². The lowest BCUT2D eigenvalue weighted by Crippen LogP contribution is -2.26. The van der Waals surface area contributed by atoms with Crippen molar-refractivity contribution in [3.63, 3.8) is 0 Å². The molecule has 2 aromatic carbocycles. The van der Waals surface area contributed by atoms with Gasteiger partial charge in [0, 0.05) is 6.08 Å². The summed E-state index contributed by atoms with van der Waals surface area (Å²) < 4.78 is 10.6. The summed E-state index contributed by atoms with van der Waals surface area (Å²) in [7, 11) is 0. The summed E-state index contributed by atoms with van der Waals surface area (Å²) in [6.45, 7) is 4.36. The third-order valence-electron chi connectivity index (χ3n) is 4.03. The fourth-order valence-electron chi connectivity index (χ4n) is 2.63. The van der Waals surface area contributed by atoms with Crippen LogP contribution in [0.1, 0.15) is 36.1 Å². The molecule has 1 aliphatic heterocycles. The molecular weight excluding hydrogens is 302 g/mol. The average molecular weight is 323 g/mol. The van der Waals surface area contributed by atoms with E-state index in [9.17, 15) is 4.79 Å². The van der Waals surface area contributed by atoms with E-state index in [4.69, 9.17) is 9.47 Å². The molecule has 4 nitrogen and oxygen atoms in total. The molecule has 0 unspecified atom stereocenters. The van der Waals surface area contributed by atoms with Gasteiger partial charge in [0.1, 0.15) is 0 Å². The second-order valence-electron chi connectivity index (χ2n) is 5.83. The molecule has 0 fully saturated rings. The van der Waals surface area contributed by atoms with Crippen LogP contribution < -0.4 is 14.8 Å². The predicted molar refractivity (Wildman–Crippen MR) is 94.0 cm³/mol. The number of carbonyl (C=O) groups excluding carboxylic acids is 1. The standard InChI is InChI=1S/C20H21NO3/c1-3-17(16-8-4-14(2)5-9-16)21-20(22)11-7-15-6-10-18-19(12-15)24-13-23-18/h4-12,17H,3,13H2,1-2H3,(H,21,22)/b11-7+/t17-/m0/s1. The Bertz CT molecular complexity index is 750. The van der Waals surface area contributed by atoms with Gasteiger partial charge in [0.2, 0.25) is 12.7 Å². The highest BCUT2D eigenvalue weighted by Crippen LogP contribution is 2.32. The molecule has 124 valence electrons. The first kappa shape index (κ1) is 16.1. The van der Waals surface area contributed by atoms with Crippen molar-refractivity contribution >= 4 is 12.0 Å². The summed E-state index contributed by atoms with van der Waals surface area (Å²) in [4.78, 5) is 12.2. The molecule has 1 N–H and O–H groups in total. The number of hydrogen-bond acceptors (Lipinski definition) is 3. The van der Waals surface area contributed by atoms with Crippen molar-refractivity contribution in [1.29, 1.82) is 0 Å². The molecule has 3 rings (SSSR count). The SMILES string of the molecule is CC[C@H](NC(=O)/C=C/c1ccc2c(c1)OCO2)c1ccc(C)cc1. The van der Waals surface area contributed by atoms with Crippen molar-refractivity contribution in [3.05, 3.63) is 65.2 Å². The van der Waals surface area contributed by atoms with E-state index in [0.29, 0.717) is 5.75 Å². The molecule has 0 spiro atoms. The quantitative estimate of drug-likeness (QED) is 0.846. The van der Waals surface area contributed by atoms with Crippen molar-refractivity contribution < 1.29 is 14.3 Å². The summed E-state index contributed by atoms with van der Waals surface area (Å²) in [6, 6.07) is 13.9. The molecule has 0 saturated heterocycles. The number of ether oxygens (including phenoxy) is 2. The predicted octanol–water partition coefficient (Wildman–Crippen LogP) is 4.00. The summed E-state index contributed by atoms with van der Waals surface area (Å²) in [6.07, 6.45) is 4.17. The van der Waals surface area contributed by atoms with Crippen molar-refractivity contribution in [2.75, 3.05) is 6.79 Å². The molecule has 1 heterocycles. The molecule has 0 radical (unpaired) electrons. The maximum atomic E-state index is 12.2. The van der Waals surface area contributed by atoms with E-state index < -0.39 is 0 Å². The lowest BCUT2D eigenvalue weighted by atomic mass is 10.0. The third-order valence-corrected chi connectivity index (χ3v) is 4.03. The smallest absolute Gasteiger partial charge is 0.244 e. The lowest BCUT2D eigenvalue weighted by Gasteiger charge is -2.16. The topological polar surface area (TPSA) is 47.6 Å². The van der Waals surface area contributed by atoms with Crippen molar-refractivity contribution in [3.8, 4) is 11.5 Å². The molecular formula is C20H21NO3. The Hall–Kier alpha value is -2.75. The number of carbonyl (C=O) groups is 1. The molecule has 0 aromatic heterocycles. The van der Waals surface area contributed by atoms with Crippen LogP contribution in [0.5, 0.6) is 11.5 Å². The number of amides is 1. The van der Waals surface area contributed by atoms with Gasteiger partial charge in [0.25, 0.3) is 0 Å². The van der Waals surface area contributed by atoms with Gasteiger partial charge < -0.3 is 14.8 Å². The molecule has 4 heteroatoms. The van der Waals surface area contributed by atoms with Crippen LogP contribution in [0, 0.1) is 6.92 Å². The highest BCUT2D eigenvalue weighted by atomic mass is 16.7. The van der Waals surface area contributed by atoms with E-state index in [-0.39, 0.29) is 18.7 Å². The van der Waals surface area contributed by atoms with Crippen LogP contribution >= 0.6 is 0 Å². The van der Waals surface area contributed by atoms with Crippen molar-refractivity contribution in [1.82, 2.24) is 5.32 Å². The molecule has 24 heavy (non-hydrogen) atoms. The number of benzene rings is 2. The minimum absolute atomic E-state index is 0.0134. The van der Waals surface area contributed by atoms with Crippen LogP contribution in [0.4, 0.5) is 0 Å². The van der Waals surface area contributed by atoms with E-state index in [1.807, 2.05) is 18.2 Å². The summed E-state index contributed by atoms with van der Waals surface area (Å²) in [5, 5.41) is 3.04. The van der Waals surface area contributed by atoms with Gasteiger partial charge in [0.15, 0.2) is 11.5 Å². The van der Waals surface area contributed by atoms with E-state index in [1.54, 1.807) is 12.2 Å². The van der Waals surface area contributed by atoms with Gasteiger partial charge in [-0.15, -0.1) is 0 Å². The summed E-state index contributed by atoms with van der Waals surface area (Å²) >= 11 is 0. The Kier molecular flexibility index (Phi) is 4.85. The summed E-state index contributed by atoms with van der Waals surface area (Å²) in [5.41, 5.74) is 3.23. The van der Waals surface area contributed by atoms with Crippen LogP contribution in [-0.4, -0.2) is 12.7 Å². The lowest BCUT2D eigenvalue weighted by molar-refractivity contribution is -0.117. The average Bonchev–Trinajstić information content (AvgIpc) is 3.06. The first-order valence-electron chi connectivity index (χ1n) is 8.10. The zero-order valence-corrected chi connectivity index (χ0v) is 13.9. The molecule has 1 amide bonds. The molecule has 0 saturated carbocycles. The second-order valence-corrected chi connectivity index (χ2v) is 5.83. The number of hydrogen-bond donors (Lipinski definition) is 1. The fraction of sp³-hybridized carbons (Fsp3) is 0.250. The largest absolute Gasteiger partial charge is 0.454 e. The highest BCUT2D eigenvalue weighted by molar-refractivity contribution is 5.92. The number of rotatable bonds is 5. The van der Waals surface area contributed by atoms with Crippen molar-refractivity contribution in [2.24, 2.45) is 0 Å². The Morgan fingerprint density at radius 3 is 2.67 bits per heavy atom.